The van der Waals surface area contributed by atoms with Crippen molar-refractivity contribution in [3.05, 3.63) is 76.6 Å². The van der Waals surface area contributed by atoms with Crippen LogP contribution >= 0.6 is 11.3 Å². The molecule has 2 unspecified atom stereocenters. The molecule has 20 heteroatoms. The summed E-state index contributed by atoms with van der Waals surface area (Å²) in [6.45, 7) is 15.5. The standard InChI is InChI=1S/C45H57F4N7O7S2/c1-24(2)33-23-64-40(52-33)32-20-36(31-12-13-35(61-10)26(4)37(31)51-32)63-30-19-34(39(57)53-44(15-14-25(3)21-44)42(58)54-65(59,60)55(8)9)56(22-30)41(62-11)38(43(5,6)7)50-29-17-27(45(47,48)49)16-28(46)18-29/h12-13,16-18,20,23-24,30,34,38,41,50H,3,14-15,19,21-22H2,1-2,4-11H3,(H,53,57)(H,54,58)/t30-,34+,38-,41?,44?/m1/s1. The van der Waals surface area contributed by atoms with Crippen LogP contribution in [-0.4, -0.2) is 104 Å². The van der Waals surface area contributed by atoms with Gasteiger partial charge in [0.15, 0.2) is 0 Å². The summed E-state index contributed by atoms with van der Waals surface area (Å²) in [6, 6.07) is 5.56. The van der Waals surface area contributed by atoms with Crippen molar-refractivity contribution in [2.75, 3.05) is 40.2 Å². The molecule has 1 saturated carbocycles. The summed E-state index contributed by atoms with van der Waals surface area (Å²) in [6.07, 6.45) is -6.31. The fraction of sp³-hybridized carbons (Fsp3) is 0.511. The Kier molecular flexibility index (Phi) is 14.3. The van der Waals surface area contributed by atoms with Gasteiger partial charge in [0.05, 0.1) is 36.0 Å². The molecule has 5 atom stereocenters. The average Bonchev–Trinajstić information content (AvgIpc) is 3.97. The summed E-state index contributed by atoms with van der Waals surface area (Å²) in [5.41, 5.74) is -0.445. The summed E-state index contributed by atoms with van der Waals surface area (Å²) in [5, 5.41) is 9.28. The molecule has 3 heterocycles. The molecule has 0 radical (unpaired) electrons. The molecule has 2 aromatic heterocycles. The number of thiazole rings is 1. The van der Waals surface area contributed by atoms with Crippen molar-refractivity contribution in [1.29, 1.82) is 0 Å². The van der Waals surface area contributed by atoms with E-state index in [4.69, 9.17) is 24.2 Å². The molecule has 6 rings (SSSR count). The van der Waals surface area contributed by atoms with E-state index in [0.717, 1.165) is 27.7 Å². The summed E-state index contributed by atoms with van der Waals surface area (Å²) in [4.78, 5) is 40.4. The van der Waals surface area contributed by atoms with E-state index in [1.54, 1.807) is 24.1 Å². The maximum atomic E-state index is 14.9. The van der Waals surface area contributed by atoms with Crippen molar-refractivity contribution >= 4 is 50.0 Å². The number of ether oxygens (including phenoxy) is 3. The number of amides is 2. The fourth-order valence-corrected chi connectivity index (χ4v) is 9.83. The Hall–Kier alpha value is -4.89. The van der Waals surface area contributed by atoms with Gasteiger partial charge in [-0.15, -0.1) is 11.3 Å². The van der Waals surface area contributed by atoms with Crippen molar-refractivity contribution in [3.8, 4) is 22.2 Å². The van der Waals surface area contributed by atoms with E-state index in [2.05, 4.69) is 21.9 Å². The quantitative estimate of drug-likeness (QED) is 0.0788. The van der Waals surface area contributed by atoms with Gasteiger partial charge in [0.2, 0.25) is 5.91 Å². The number of alkyl halides is 3. The molecule has 65 heavy (non-hydrogen) atoms. The molecular formula is C45H57F4N7O7S2. The number of nitrogens with zero attached hydrogens (tertiary/aromatic N) is 4. The number of carbonyl (C=O) groups is 2. The van der Waals surface area contributed by atoms with Gasteiger partial charge >= 0.3 is 16.4 Å². The molecule has 4 aromatic rings. The zero-order chi connectivity index (χ0) is 48.0. The number of rotatable bonds is 15. The highest BCUT2D eigenvalue weighted by Crippen LogP contribution is 2.41. The van der Waals surface area contributed by atoms with Crippen molar-refractivity contribution in [1.82, 2.24) is 29.2 Å². The topological polar surface area (TPSA) is 164 Å². The average molecular weight is 948 g/mol. The molecule has 14 nitrogen and oxygen atoms in total. The van der Waals surface area contributed by atoms with E-state index >= 15 is 0 Å². The lowest BCUT2D eigenvalue weighted by molar-refractivity contribution is -0.139. The Labute approximate surface area is 381 Å². The summed E-state index contributed by atoms with van der Waals surface area (Å²) in [7, 11) is 1.21. The van der Waals surface area contributed by atoms with Gasteiger partial charge in [-0.05, 0) is 61.4 Å². The smallest absolute Gasteiger partial charge is 0.416 e. The van der Waals surface area contributed by atoms with Crippen LogP contribution in [0.2, 0.25) is 0 Å². The Morgan fingerprint density at radius 2 is 1.77 bits per heavy atom. The molecular weight excluding hydrogens is 891 g/mol. The minimum Gasteiger partial charge on any atom is -0.496 e. The van der Waals surface area contributed by atoms with Crippen LogP contribution in [0, 0.1) is 18.2 Å². The van der Waals surface area contributed by atoms with Crippen LogP contribution in [0.5, 0.6) is 11.5 Å². The molecule has 2 aromatic carbocycles. The largest absolute Gasteiger partial charge is 0.496 e. The van der Waals surface area contributed by atoms with Crippen LogP contribution in [0.3, 0.4) is 0 Å². The first-order chi connectivity index (χ1) is 30.3. The zero-order valence-corrected chi connectivity index (χ0v) is 39.8. The monoisotopic (exact) mass is 947 g/mol. The second kappa shape index (κ2) is 18.8. The third kappa shape index (κ3) is 10.7. The van der Waals surface area contributed by atoms with E-state index in [0.29, 0.717) is 51.2 Å². The molecule has 354 valence electrons. The van der Waals surface area contributed by atoms with Gasteiger partial charge in [0, 0.05) is 68.7 Å². The molecule has 2 fully saturated rings. The highest BCUT2D eigenvalue weighted by Gasteiger charge is 2.51. The third-order valence-corrected chi connectivity index (χ3v) is 14.2. The van der Waals surface area contributed by atoms with Crippen molar-refractivity contribution in [2.24, 2.45) is 5.41 Å². The Morgan fingerprint density at radius 3 is 2.34 bits per heavy atom. The summed E-state index contributed by atoms with van der Waals surface area (Å²) < 4.78 is 104. The molecule has 0 spiro atoms. The van der Waals surface area contributed by atoms with Gasteiger partial charge in [-0.25, -0.2) is 19.1 Å². The number of pyridine rings is 1. The normalized spacial score (nSPS) is 20.6. The summed E-state index contributed by atoms with van der Waals surface area (Å²) in [5.74, 6) is -1.50. The SMILES string of the molecule is C=C1CCC(NC(=O)[C@@H]2C[C@@H](Oc3cc(-c4nc(C(C)C)cs4)nc4c(C)c(OC)ccc34)CN2C(OC)[C@@H](Nc2cc(F)cc(C(F)(F)F)c2)C(C)(C)C)(C(=O)NS(=O)(=O)N(C)C)C1. The van der Waals surface area contributed by atoms with Gasteiger partial charge in [0.25, 0.3) is 5.91 Å². The van der Waals surface area contributed by atoms with Gasteiger partial charge in [0.1, 0.15) is 45.9 Å². The van der Waals surface area contributed by atoms with Gasteiger partial charge < -0.3 is 24.8 Å². The first-order valence-electron chi connectivity index (χ1n) is 21.0. The minimum atomic E-state index is -4.84. The lowest BCUT2D eigenvalue weighted by Crippen LogP contribution is -2.63. The van der Waals surface area contributed by atoms with E-state index in [1.807, 2.05) is 53.0 Å². The predicted octanol–water partition coefficient (Wildman–Crippen LogP) is 7.80. The molecule has 1 aliphatic heterocycles. The maximum absolute atomic E-state index is 14.9. The lowest BCUT2D eigenvalue weighted by Gasteiger charge is -2.43. The number of hydrogen-bond donors (Lipinski definition) is 3. The van der Waals surface area contributed by atoms with Crippen LogP contribution in [0.15, 0.2) is 53.9 Å². The van der Waals surface area contributed by atoms with Gasteiger partial charge in [-0.3, -0.25) is 14.5 Å². The Balaban J connectivity index is 1.44. The van der Waals surface area contributed by atoms with Gasteiger partial charge in [-0.1, -0.05) is 46.8 Å². The number of fused-ring (bicyclic) bond motifs is 1. The maximum Gasteiger partial charge on any atom is 0.416 e. The minimum absolute atomic E-state index is 0.0123. The molecule has 2 amide bonds. The zero-order valence-electron chi connectivity index (χ0n) is 38.1. The van der Waals surface area contributed by atoms with Crippen molar-refractivity contribution in [3.63, 3.8) is 0 Å². The second-order valence-electron chi connectivity index (χ2n) is 18.3. The number of halogens is 4. The third-order valence-electron chi connectivity index (χ3n) is 11.9. The number of aryl methyl sites for hydroxylation is 1. The number of benzene rings is 2. The highest BCUT2D eigenvalue weighted by molar-refractivity contribution is 7.87. The first kappa shape index (κ1) is 49.5. The van der Waals surface area contributed by atoms with Crippen LogP contribution in [-0.2, 0) is 30.7 Å². The first-order valence-corrected chi connectivity index (χ1v) is 23.4. The number of methoxy groups -OCH3 is 2. The number of nitrogens with one attached hydrogen (secondary N) is 3. The van der Waals surface area contributed by atoms with Crippen LogP contribution < -0.4 is 24.8 Å². The molecule has 1 aliphatic carbocycles. The second-order valence-corrected chi connectivity index (χ2v) is 21.0. The molecule has 2 aliphatic rings. The highest BCUT2D eigenvalue weighted by atomic mass is 32.2. The van der Waals surface area contributed by atoms with E-state index < -0.39 is 75.0 Å². The van der Waals surface area contributed by atoms with Crippen molar-refractivity contribution < 1.29 is 49.8 Å². The van der Waals surface area contributed by atoms with Gasteiger partial charge in [-0.2, -0.15) is 25.9 Å². The molecule has 3 N–H and O–H groups in total. The van der Waals surface area contributed by atoms with Crippen LogP contribution in [0.1, 0.15) is 83.0 Å². The van der Waals surface area contributed by atoms with E-state index in [1.165, 1.54) is 32.5 Å². The van der Waals surface area contributed by atoms with Crippen LogP contribution in [0.25, 0.3) is 21.6 Å². The molecule has 0 bridgehead atoms. The summed E-state index contributed by atoms with van der Waals surface area (Å²) >= 11 is 1.44. The number of aromatic nitrogens is 2. The van der Waals surface area contributed by atoms with Crippen molar-refractivity contribution in [2.45, 2.75) is 109 Å². The number of carbonyl (C=O) groups excluding carboxylic acids is 2. The number of anilines is 1. The van der Waals surface area contributed by atoms with Crippen LogP contribution in [0.4, 0.5) is 23.2 Å². The number of hydrogen-bond acceptors (Lipinski definition) is 12. The van der Waals surface area contributed by atoms with E-state index in [9.17, 15) is 35.6 Å². The molecule has 1 saturated heterocycles. The number of likely N-dealkylation sites (tertiary alicyclic amines) is 1. The predicted molar refractivity (Wildman–Crippen MR) is 241 cm³/mol. The fourth-order valence-electron chi connectivity index (χ4n) is 8.27. The lowest BCUT2D eigenvalue weighted by atomic mass is 9.84. The Morgan fingerprint density at radius 1 is 1.06 bits per heavy atom. The Bertz CT molecular complexity index is 2560. The van der Waals surface area contributed by atoms with E-state index in [-0.39, 0.29) is 37.4 Å².